The van der Waals surface area contributed by atoms with E-state index >= 15 is 0 Å². The molecule has 0 atom stereocenters. The minimum atomic E-state index is 0.593. The van der Waals surface area contributed by atoms with Crippen LogP contribution in [0, 0.1) is 0 Å². The number of nitrogens with two attached hydrogens (primary N) is 1. The molecule has 3 heterocycles. The molecule has 0 unspecified atom stereocenters. The summed E-state index contributed by atoms with van der Waals surface area (Å²) < 4.78 is 12.9. The third-order valence-corrected chi connectivity index (χ3v) is 5.49. The summed E-state index contributed by atoms with van der Waals surface area (Å²) in [5.41, 5.74) is 9.47. The molecule has 9 heteroatoms. The van der Waals surface area contributed by atoms with Crippen molar-refractivity contribution in [1.82, 2.24) is 19.5 Å². The summed E-state index contributed by atoms with van der Waals surface area (Å²) in [6, 6.07) is 5.88. The van der Waals surface area contributed by atoms with Crippen molar-refractivity contribution in [2.24, 2.45) is 0 Å². The fourth-order valence-electron chi connectivity index (χ4n) is 3.12. The number of nitrogen functional groups attached to an aromatic ring is 1. The number of nitrogens with zero attached hydrogens (tertiary/aromatic N) is 5. The Balaban J connectivity index is 1.62. The van der Waals surface area contributed by atoms with Gasteiger partial charge in [0.05, 0.1) is 31.4 Å². The van der Waals surface area contributed by atoms with Gasteiger partial charge in [0.2, 0.25) is 0 Å². The van der Waals surface area contributed by atoms with Gasteiger partial charge in [0, 0.05) is 18.5 Å². The number of anilines is 2. The first-order valence-corrected chi connectivity index (χ1v) is 10.6. The fraction of sp³-hybridized carbons (Fsp3) is 0.350. The molecule has 0 radical (unpaired) electrons. The van der Waals surface area contributed by atoms with E-state index in [9.17, 15) is 0 Å². The molecule has 3 aromatic rings. The lowest BCUT2D eigenvalue weighted by Crippen LogP contribution is -2.25. The highest BCUT2D eigenvalue weighted by molar-refractivity contribution is 7.98. The molecule has 0 amide bonds. The molecule has 0 spiro atoms. The molecule has 1 aliphatic rings. The maximum atomic E-state index is 6.09. The van der Waals surface area contributed by atoms with Gasteiger partial charge in [-0.05, 0) is 31.5 Å². The average Bonchev–Trinajstić information content (AvgIpc) is 3.17. The summed E-state index contributed by atoms with van der Waals surface area (Å²) in [6.45, 7) is 6.75. The van der Waals surface area contributed by atoms with Crippen LogP contribution >= 0.6 is 11.8 Å². The summed E-state index contributed by atoms with van der Waals surface area (Å²) in [4.78, 5) is 16.2. The summed E-state index contributed by atoms with van der Waals surface area (Å²) >= 11 is 1.58. The zero-order valence-electron chi connectivity index (χ0n) is 16.5. The zero-order chi connectivity index (χ0) is 20.2. The van der Waals surface area contributed by atoms with Crippen LogP contribution in [0.3, 0.4) is 0 Å². The number of aromatic nitrogens is 4. The Kier molecular flexibility index (Phi) is 5.75. The lowest BCUT2D eigenvalue weighted by molar-refractivity contribution is 0.245. The van der Waals surface area contributed by atoms with Crippen molar-refractivity contribution in [2.45, 2.75) is 31.3 Å². The molecular weight excluding hydrogens is 388 g/mol. The molecule has 152 valence electrons. The number of fused-ring (bicyclic) bond motifs is 1. The molecule has 0 saturated heterocycles. The van der Waals surface area contributed by atoms with Crippen LogP contribution < -0.4 is 15.4 Å². The summed E-state index contributed by atoms with van der Waals surface area (Å²) in [5, 5.41) is 0.704. The van der Waals surface area contributed by atoms with E-state index in [0.29, 0.717) is 35.6 Å². The monoisotopic (exact) mass is 412 g/mol. The quantitative estimate of drug-likeness (QED) is 0.359. The summed E-state index contributed by atoms with van der Waals surface area (Å²) in [6.07, 6.45) is 5.39. The third-order valence-electron chi connectivity index (χ3n) is 4.57. The van der Waals surface area contributed by atoms with Crippen LogP contribution in [0.1, 0.15) is 19.4 Å². The Labute approximate surface area is 173 Å². The predicted molar refractivity (Wildman–Crippen MR) is 115 cm³/mol. The predicted octanol–water partition coefficient (Wildman–Crippen LogP) is 3.43. The van der Waals surface area contributed by atoms with E-state index < -0.39 is 0 Å². The number of hydrogen-bond donors (Lipinski definition) is 1. The van der Waals surface area contributed by atoms with Crippen LogP contribution in [0.15, 0.2) is 42.1 Å². The number of rotatable bonds is 7. The van der Waals surface area contributed by atoms with Gasteiger partial charge in [-0.1, -0.05) is 17.8 Å². The Morgan fingerprint density at radius 3 is 2.90 bits per heavy atom. The van der Waals surface area contributed by atoms with Crippen molar-refractivity contribution >= 4 is 34.4 Å². The summed E-state index contributed by atoms with van der Waals surface area (Å²) in [5.74, 6) is 2.23. The average molecular weight is 413 g/mol. The molecule has 0 fully saturated rings. The zero-order valence-corrected chi connectivity index (χ0v) is 17.4. The normalized spacial score (nSPS) is 13.7. The first-order valence-electron chi connectivity index (χ1n) is 9.61. The lowest BCUT2D eigenvalue weighted by Gasteiger charge is -2.23. The highest BCUT2D eigenvalue weighted by Gasteiger charge is 2.19. The van der Waals surface area contributed by atoms with Gasteiger partial charge < -0.3 is 24.7 Å². The van der Waals surface area contributed by atoms with Gasteiger partial charge in [-0.25, -0.2) is 15.0 Å². The van der Waals surface area contributed by atoms with Crippen LogP contribution in [-0.4, -0.2) is 39.3 Å². The van der Waals surface area contributed by atoms with Gasteiger partial charge in [-0.15, -0.1) is 0 Å². The molecule has 2 aromatic heterocycles. The molecule has 0 saturated carbocycles. The maximum Gasteiger partial charge on any atom is 0.191 e. The second-order valence-electron chi connectivity index (χ2n) is 6.48. The Morgan fingerprint density at radius 1 is 1.28 bits per heavy atom. The van der Waals surface area contributed by atoms with Gasteiger partial charge in [0.1, 0.15) is 12.4 Å². The summed E-state index contributed by atoms with van der Waals surface area (Å²) in [7, 11) is 0. The van der Waals surface area contributed by atoms with Crippen LogP contribution in [0.25, 0.3) is 11.2 Å². The van der Waals surface area contributed by atoms with Gasteiger partial charge in [-0.2, -0.15) is 0 Å². The Hall–Kier alpha value is -2.94. The van der Waals surface area contributed by atoms with Gasteiger partial charge in [0.25, 0.3) is 0 Å². The molecule has 4 rings (SSSR count). The smallest absolute Gasteiger partial charge is 0.191 e. The van der Waals surface area contributed by atoms with Crippen molar-refractivity contribution in [3.05, 3.63) is 42.6 Å². The maximum absolute atomic E-state index is 6.09. The molecule has 1 aromatic carbocycles. The molecule has 1 aliphatic heterocycles. The number of imidazole rings is 1. The topological polar surface area (TPSA) is 91.3 Å². The van der Waals surface area contributed by atoms with Crippen molar-refractivity contribution in [3.8, 4) is 5.75 Å². The highest BCUT2D eigenvalue weighted by atomic mass is 32.2. The first-order chi connectivity index (χ1) is 14.2. The highest BCUT2D eigenvalue weighted by Crippen LogP contribution is 2.30. The Bertz CT molecular complexity index is 1040. The van der Waals surface area contributed by atoms with E-state index in [2.05, 4.69) is 16.8 Å². The number of thioether (sulfide) groups is 1. The fourth-order valence-corrected chi connectivity index (χ4v) is 3.89. The largest absolute Gasteiger partial charge is 0.498 e. The molecule has 0 bridgehead atoms. The van der Waals surface area contributed by atoms with Crippen LogP contribution in [-0.2, 0) is 17.0 Å². The van der Waals surface area contributed by atoms with Gasteiger partial charge >= 0.3 is 0 Å². The van der Waals surface area contributed by atoms with E-state index in [1.165, 1.54) is 0 Å². The molecule has 29 heavy (non-hydrogen) atoms. The van der Waals surface area contributed by atoms with Crippen LogP contribution in [0.4, 0.5) is 11.5 Å². The van der Waals surface area contributed by atoms with E-state index in [1.807, 2.05) is 42.2 Å². The molecule has 0 aliphatic carbocycles. The van der Waals surface area contributed by atoms with E-state index in [4.69, 9.17) is 25.2 Å². The van der Waals surface area contributed by atoms with Gasteiger partial charge in [-0.3, -0.25) is 0 Å². The molecule has 2 N–H and O–H groups in total. The minimum Gasteiger partial charge on any atom is -0.498 e. The number of benzene rings is 1. The van der Waals surface area contributed by atoms with Crippen molar-refractivity contribution in [2.75, 3.05) is 30.4 Å². The second kappa shape index (κ2) is 8.60. The van der Waals surface area contributed by atoms with Crippen molar-refractivity contribution < 1.29 is 9.47 Å². The third kappa shape index (κ3) is 4.09. The number of aryl methyl sites for hydroxylation is 1. The van der Waals surface area contributed by atoms with E-state index in [1.54, 1.807) is 18.0 Å². The van der Waals surface area contributed by atoms with Crippen LogP contribution in [0.2, 0.25) is 0 Å². The number of ether oxygens (including phenoxy) is 2. The lowest BCUT2D eigenvalue weighted by atomic mass is 10.2. The molecule has 8 nitrogen and oxygen atoms in total. The number of hydrogen-bond acceptors (Lipinski definition) is 8. The second-order valence-corrected chi connectivity index (χ2v) is 7.42. The molecular formula is C20H24N6O2S. The van der Waals surface area contributed by atoms with Crippen LogP contribution in [0.5, 0.6) is 5.75 Å². The Morgan fingerprint density at radius 2 is 2.17 bits per heavy atom. The van der Waals surface area contributed by atoms with Crippen molar-refractivity contribution in [3.63, 3.8) is 0 Å². The minimum absolute atomic E-state index is 0.593. The standard InChI is InChI=1S/C20H24N6O2S/c1-3-25-13-22-17-18(25)23-20(24-19(17)26-7-9-27-10-8-26)29-12-14-5-6-16(28-4-2)15(21)11-14/h5-7,9,11,13H,3-4,8,10,12,21H2,1-2H3. The van der Waals surface area contributed by atoms with E-state index in [-0.39, 0.29) is 0 Å². The van der Waals surface area contributed by atoms with Crippen molar-refractivity contribution in [1.29, 1.82) is 0 Å². The van der Waals surface area contributed by atoms with Gasteiger partial charge in [0.15, 0.2) is 22.1 Å². The first kappa shape index (κ1) is 19.4. The van der Waals surface area contributed by atoms with E-state index in [0.717, 1.165) is 35.6 Å². The SMILES string of the molecule is CCOc1ccc(CSc2nc(N3C=COCC3)c3ncn(CC)c3n2)cc1N.